The summed E-state index contributed by atoms with van der Waals surface area (Å²) in [6.45, 7) is 0.465. The largest absolute Gasteiger partial charge is 0.496 e. The van der Waals surface area contributed by atoms with Gasteiger partial charge in [0.15, 0.2) is 0 Å². The summed E-state index contributed by atoms with van der Waals surface area (Å²) in [6, 6.07) is 17.6. The molecule has 0 radical (unpaired) electrons. The Bertz CT molecular complexity index is 509. The zero-order valence-corrected chi connectivity index (χ0v) is 10.2. The first-order valence-corrected chi connectivity index (χ1v) is 5.72. The maximum Gasteiger partial charge on any atom is 0.142 e. The van der Waals surface area contributed by atoms with Gasteiger partial charge in [0.05, 0.1) is 13.3 Å². The van der Waals surface area contributed by atoms with Gasteiger partial charge in [-0.2, -0.15) is 0 Å². The lowest BCUT2D eigenvalue weighted by atomic mass is 10.2. The lowest BCUT2D eigenvalue weighted by Crippen LogP contribution is -1.91. The van der Waals surface area contributed by atoms with E-state index in [-0.39, 0.29) is 0 Å². The van der Waals surface area contributed by atoms with Gasteiger partial charge in [-0.3, -0.25) is 0 Å². The molecule has 0 aliphatic rings. The standard InChI is InChI=1S/C15H15NO2/c1-17-15-10-6-5-9-14(15)11-16-18-12-13-7-3-2-4-8-13/h2-11H,12H2,1H3. The first-order valence-electron chi connectivity index (χ1n) is 5.72. The molecule has 2 rings (SSSR count). The summed E-state index contributed by atoms with van der Waals surface area (Å²) >= 11 is 0. The molecular weight excluding hydrogens is 226 g/mol. The summed E-state index contributed by atoms with van der Waals surface area (Å²) in [4.78, 5) is 5.24. The van der Waals surface area contributed by atoms with Crippen LogP contribution >= 0.6 is 0 Å². The van der Waals surface area contributed by atoms with Crippen molar-refractivity contribution in [2.75, 3.05) is 7.11 Å². The Morgan fingerprint density at radius 3 is 2.50 bits per heavy atom. The second-order valence-electron chi connectivity index (χ2n) is 3.74. The van der Waals surface area contributed by atoms with E-state index >= 15 is 0 Å². The fourth-order valence-electron chi connectivity index (χ4n) is 1.55. The summed E-state index contributed by atoms with van der Waals surface area (Å²) < 4.78 is 5.21. The van der Waals surface area contributed by atoms with Crippen molar-refractivity contribution in [1.82, 2.24) is 0 Å². The predicted molar refractivity (Wildman–Crippen MR) is 71.8 cm³/mol. The second-order valence-corrected chi connectivity index (χ2v) is 3.74. The van der Waals surface area contributed by atoms with Gasteiger partial charge in [-0.25, -0.2) is 0 Å². The van der Waals surface area contributed by atoms with Crippen molar-refractivity contribution in [2.45, 2.75) is 6.61 Å². The molecule has 0 spiro atoms. The SMILES string of the molecule is COc1ccccc1C=NOCc1ccccc1. The molecule has 0 amide bonds. The highest BCUT2D eigenvalue weighted by molar-refractivity contribution is 5.82. The van der Waals surface area contributed by atoms with Crippen molar-refractivity contribution < 1.29 is 9.57 Å². The summed E-state index contributed by atoms with van der Waals surface area (Å²) in [5.74, 6) is 0.782. The molecule has 0 bridgehead atoms. The van der Waals surface area contributed by atoms with E-state index in [1.54, 1.807) is 13.3 Å². The first kappa shape index (κ1) is 12.2. The number of methoxy groups -OCH3 is 1. The zero-order chi connectivity index (χ0) is 12.6. The topological polar surface area (TPSA) is 30.8 Å². The van der Waals surface area contributed by atoms with E-state index in [1.807, 2.05) is 54.6 Å². The number of hydrogen-bond donors (Lipinski definition) is 0. The van der Waals surface area contributed by atoms with E-state index in [2.05, 4.69) is 5.16 Å². The lowest BCUT2D eigenvalue weighted by Gasteiger charge is -2.03. The Labute approximate surface area is 107 Å². The van der Waals surface area contributed by atoms with Crippen LogP contribution in [0.5, 0.6) is 5.75 Å². The normalized spacial score (nSPS) is 10.5. The highest BCUT2D eigenvalue weighted by Crippen LogP contribution is 2.14. The van der Waals surface area contributed by atoms with Crippen LogP contribution in [0.3, 0.4) is 0 Å². The van der Waals surface area contributed by atoms with Crippen LogP contribution in [0, 0.1) is 0 Å². The first-order chi connectivity index (χ1) is 8.90. The third-order valence-corrected chi connectivity index (χ3v) is 2.48. The van der Waals surface area contributed by atoms with E-state index in [1.165, 1.54) is 0 Å². The van der Waals surface area contributed by atoms with Crippen molar-refractivity contribution in [3.63, 3.8) is 0 Å². The van der Waals surface area contributed by atoms with Crippen LogP contribution in [0.4, 0.5) is 0 Å². The number of ether oxygens (including phenoxy) is 1. The molecule has 0 aliphatic carbocycles. The predicted octanol–water partition coefficient (Wildman–Crippen LogP) is 3.25. The molecule has 0 aromatic heterocycles. The average Bonchev–Trinajstić information content (AvgIpc) is 2.45. The van der Waals surface area contributed by atoms with Gasteiger partial charge in [-0.05, 0) is 17.7 Å². The lowest BCUT2D eigenvalue weighted by molar-refractivity contribution is 0.132. The smallest absolute Gasteiger partial charge is 0.142 e. The van der Waals surface area contributed by atoms with E-state index in [0.29, 0.717) is 6.61 Å². The molecule has 92 valence electrons. The third-order valence-electron chi connectivity index (χ3n) is 2.48. The van der Waals surface area contributed by atoms with E-state index < -0.39 is 0 Å². The summed E-state index contributed by atoms with van der Waals surface area (Å²) in [7, 11) is 1.64. The Kier molecular flexibility index (Phi) is 4.36. The molecule has 0 aliphatic heterocycles. The maximum absolute atomic E-state index is 5.24. The number of para-hydroxylation sites is 1. The van der Waals surface area contributed by atoms with Crippen LogP contribution in [0.25, 0.3) is 0 Å². The fraction of sp³-hybridized carbons (Fsp3) is 0.133. The number of hydrogen-bond acceptors (Lipinski definition) is 3. The van der Waals surface area contributed by atoms with Crippen LogP contribution in [-0.4, -0.2) is 13.3 Å². The summed E-state index contributed by atoms with van der Waals surface area (Å²) in [5.41, 5.74) is 1.99. The maximum atomic E-state index is 5.24. The molecule has 0 heterocycles. The van der Waals surface area contributed by atoms with Gasteiger partial charge in [0, 0.05) is 5.56 Å². The van der Waals surface area contributed by atoms with Crippen molar-refractivity contribution >= 4 is 6.21 Å². The number of benzene rings is 2. The second kappa shape index (κ2) is 6.45. The zero-order valence-electron chi connectivity index (χ0n) is 10.2. The molecule has 0 atom stereocenters. The van der Waals surface area contributed by atoms with E-state index in [9.17, 15) is 0 Å². The monoisotopic (exact) mass is 241 g/mol. The molecule has 18 heavy (non-hydrogen) atoms. The Morgan fingerprint density at radius 2 is 1.72 bits per heavy atom. The fourth-order valence-corrected chi connectivity index (χ4v) is 1.55. The van der Waals surface area contributed by atoms with Crippen LogP contribution in [-0.2, 0) is 11.4 Å². The molecular formula is C15H15NO2. The van der Waals surface area contributed by atoms with Gasteiger partial charge in [-0.1, -0.05) is 47.6 Å². The van der Waals surface area contributed by atoms with Crippen LogP contribution in [0.2, 0.25) is 0 Å². The minimum absolute atomic E-state index is 0.465. The highest BCUT2D eigenvalue weighted by Gasteiger charge is 1.97. The van der Waals surface area contributed by atoms with Crippen molar-refractivity contribution in [1.29, 1.82) is 0 Å². The van der Waals surface area contributed by atoms with Gasteiger partial charge >= 0.3 is 0 Å². The van der Waals surface area contributed by atoms with Crippen molar-refractivity contribution in [2.24, 2.45) is 5.16 Å². The van der Waals surface area contributed by atoms with Gasteiger partial charge in [-0.15, -0.1) is 0 Å². The van der Waals surface area contributed by atoms with Crippen LogP contribution < -0.4 is 4.74 Å². The Hall–Kier alpha value is -2.29. The van der Waals surface area contributed by atoms with Gasteiger partial charge in [0.25, 0.3) is 0 Å². The van der Waals surface area contributed by atoms with Crippen molar-refractivity contribution in [3.05, 3.63) is 65.7 Å². The number of rotatable bonds is 5. The Balaban J connectivity index is 1.92. The molecule has 0 saturated heterocycles. The molecule has 0 saturated carbocycles. The molecule has 0 fully saturated rings. The van der Waals surface area contributed by atoms with Crippen LogP contribution in [0.15, 0.2) is 59.8 Å². The van der Waals surface area contributed by atoms with Gasteiger partial charge in [0.1, 0.15) is 12.4 Å². The molecule has 3 heteroatoms. The van der Waals surface area contributed by atoms with Crippen molar-refractivity contribution in [3.8, 4) is 5.75 Å². The van der Waals surface area contributed by atoms with E-state index in [4.69, 9.17) is 9.57 Å². The molecule has 0 unspecified atom stereocenters. The minimum Gasteiger partial charge on any atom is -0.496 e. The molecule has 0 N–H and O–H groups in total. The third kappa shape index (κ3) is 3.35. The van der Waals surface area contributed by atoms with Crippen LogP contribution in [0.1, 0.15) is 11.1 Å². The molecule has 3 nitrogen and oxygen atoms in total. The van der Waals surface area contributed by atoms with Gasteiger partial charge in [0.2, 0.25) is 0 Å². The quantitative estimate of drug-likeness (QED) is 0.594. The number of nitrogens with zero attached hydrogens (tertiary/aromatic N) is 1. The average molecular weight is 241 g/mol. The summed E-state index contributed by atoms with van der Waals surface area (Å²) in [5, 5.41) is 3.94. The Morgan fingerprint density at radius 1 is 1.00 bits per heavy atom. The minimum atomic E-state index is 0.465. The highest BCUT2D eigenvalue weighted by atomic mass is 16.6. The van der Waals surface area contributed by atoms with Gasteiger partial charge < -0.3 is 9.57 Å². The van der Waals surface area contributed by atoms with E-state index in [0.717, 1.165) is 16.9 Å². The summed E-state index contributed by atoms with van der Waals surface area (Å²) in [6.07, 6.45) is 1.65. The number of oxime groups is 1. The molecule has 2 aromatic carbocycles. The molecule has 2 aromatic rings.